The van der Waals surface area contributed by atoms with Crippen LogP contribution < -0.4 is 4.74 Å². The summed E-state index contributed by atoms with van der Waals surface area (Å²) in [6.07, 6.45) is 13.6. The minimum atomic E-state index is 0.219. The minimum absolute atomic E-state index is 0.219. The van der Waals surface area contributed by atoms with Gasteiger partial charge < -0.3 is 9.84 Å². The lowest BCUT2D eigenvalue weighted by molar-refractivity contribution is 0.310. The molecule has 2 aromatic carbocycles. The molecule has 0 aliphatic carbocycles. The molecule has 1 aromatic heterocycles. The number of ether oxygens (including phenoxy) is 1. The van der Waals surface area contributed by atoms with Crippen LogP contribution in [0.4, 0.5) is 0 Å². The number of fused-ring (bicyclic) bond motifs is 1. The van der Waals surface area contributed by atoms with E-state index in [4.69, 9.17) is 4.74 Å². The Labute approximate surface area is 186 Å². The lowest BCUT2D eigenvalue weighted by Crippen LogP contribution is -1.99. The fourth-order valence-electron chi connectivity index (χ4n) is 3.78. The van der Waals surface area contributed by atoms with Crippen molar-refractivity contribution in [2.75, 3.05) is 6.61 Å². The van der Waals surface area contributed by atoms with E-state index in [1.807, 2.05) is 30.3 Å². The second-order valence-corrected chi connectivity index (χ2v) is 8.39. The van der Waals surface area contributed by atoms with Gasteiger partial charge in [-0.3, -0.25) is 0 Å². The third-order valence-electron chi connectivity index (χ3n) is 5.69. The topological polar surface area (TPSA) is 60.2 Å². The summed E-state index contributed by atoms with van der Waals surface area (Å²) in [7, 11) is 0. The maximum absolute atomic E-state index is 10.6. The molecule has 0 saturated carbocycles. The molecule has 0 aliphatic rings. The molecule has 3 aromatic rings. The number of hydrogen-bond acceptors (Lipinski definition) is 4. The summed E-state index contributed by atoms with van der Waals surface area (Å²) < 4.78 is 5.76. The first-order chi connectivity index (χ1) is 15.2. The molecule has 1 heterocycles. The Balaban J connectivity index is 1.55. The number of rotatable bonds is 14. The van der Waals surface area contributed by atoms with Crippen LogP contribution in [0.1, 0.15) is 83.6 Å². The molecular formula is C26H37N3O2. The highest BCUT2D eigenvalue weighted by Gasteiger charge is 2.10. The normalized spacial score (nSPS) is 11.3. The van der Waals surface area contributed by atoms with Crippen molar-refractivity contribution in [1.82, 2.24) is 15.0 Å². The number of unbranched alkanes of at least 4 members (excludes halogenated alkanes) is 8. The average Bonchev–Trinajstić information content (AvgIpc) is 3.19. The largest absolute Gasteiger partial charge is 0.506 e. The molecule has 1 N–H and O–H groups in total. The fourth-order valence-corrected chi connectivity index (χ4v) is 3.78. The molecule has 168 valence electrons. The first kappa shape index (κ1) is 23.1. The molecule has 0 unspecified atom stereocenters. The summed E-state index contributed by atoms with van der Waals surface area (Å²) >= 11 is 0. The molecule has 31 heavy (non-hydrogen) atoms. The first-order valence-corrected chi connectivity index (χ1v) is 12.0. The van der Waals surface area contributed by atoms with Crippen LogP contribution in [-0.4, -0.2) is 26.7 Å². The van der Waals surface area contributed by atoms with Crippen LogP contribution in [0.2, 0.25) is 0 Å². The van der Waals surface area contributed by atoms with Gasteiger partial charge in [-0.25, -0.2) is 0 Å². The molecule has 0 bridgehead atoms. The van der Waals surface area contributed by atoms with E-state index in [-0.39, 0.29) is 5.75 Å². The minimum Gasteiger partial charge on any atom is -0.506 e. The van der Waals surface area contributed by atoms with Crippen LogP contribution in [-0.2, 0) is 6.42 Å². The zero-order valence-electron chi connectivity index (χ0n) is 19.1. The molecule has 0 amide bonds. The van der Waals surface area contributed by atoms with Crippen LogP contribution in [0.3, 0.4) is 0 Å². The average molecular weight is 424 g/mol. The predicted molar refractivity (Wildman–Crippen MR) is 127 cm³/mol. The monoisotopic (exact) mass is 423 g/mol. The highest BCUT2D eigenvalue weighted by Crippen LogP contribution is 2.25. The van der Waals surface area contributed by atoms with Crippen molar-refractivity contribution in [3.05, 3.63) is 42.0 Å². The third kappa shape index (κ3) is 6.98. The van der Waals surface area contributed by atoms with Gasteiger partial charge in [0, 0.05) is 6.07 Å². The fraction of sp³-hybridized carbons (Fsp3) is 0.538. The summed E-state index contributed by atoms with van der Waals surface area (Å²) in [5.74, 6) is 1.02. The second-order valence-electron chi connectivity index (χ2n) is 8.39. The van der Waals surface area contributed by atoms with E-state index < -0.39 is 0 Å². The quantitative estimate of drug-likeness (QED) is 0.284. The molecule has 0 atom stereocenters. The highest BCUT2D eigenvalue weighted by molar-refractivity contribution is 5.75. The third-order valence-corrected chi connectivity index (χ3v) is 5.69. The van der Waals surface area contributed by atoms with Gasteiger partial charge in [-0.2, -0.15) is 0 Å². The van der Waals surface area contributed by atoms with E-state index in [1.165, 1.54) is 49.7 Å². The highest BCUT2D eigenvalue weighted by atomic mass is 16.5. The van der Waals surface area contributed by atoms with E-state index in [1.54, 1.807) is 0 Å². The summed E-state index contributed by atoms with van der Waals surface area (Å²) in [6.45, 7) is 5.11. The number of aromatic hydroxyl groups is 1. The number of benzene rings is 2. The van der Waals surface area contributed by atoms with Gasteiger partial charge in [-0.15, -0.1) is 15.0 Å². The van der Waals surface area contributed by atoms with Gasteiger partial charge in [0.2, 0.25) is 0 Å². The first-order valence-electron chi connectivity index (χ1n) is 12.0. The van der Waals surface area contributed by atoms with Crippen molar-refractivity contribution >= 4 is 11.0 Å². The molecule has 5 nitrogen and oxygen atoms in total. The van der Waals surface area contributed by atoms with Crippen LogP contribution in [0.15, 0.2) is 36.4 Å². The molecule has 0 saturated heterocycles. The van der Waals surface area contributed by atoms with Crippen molar-refractivity contribution in [3.63, 3.8) is 0 Å². The van der Waals surface area contributed by atoms with E-state index in [2.05, 4.69) is 30.1 Å². The van der Waals surface area contributed by atoms with Gasteiger partial charge in [0.05, 0.1) is 6.61 Å². The van der Waals surface area contributed by atoms with Crippen LogP contribution in [0, 0.1) is 0 Å². The Morgan fingerprint density at radius 3 is 2.23 bits per heavy atom. The Bertz CT molecular complexity index is 936. The Kier molecular flexibility index (Phi) is 9.19. The molecule has 0 radical (unpaired) electrons. The Morgan fingerprint density at radius 1 is 0.774 bits per heavy atom. The molecule has 0 fully saturated rings. The maximum Gasteiger partial charge on any atom is 0.143 e. The number of phenolic OH excluding ortho intramolecular Hbond substituents is 1. The zero-order chi connectivity index (χ0) is 21.9. The van der Waals surface area contributed by atoms with Crippen molar-refractivity contribution in [3.8, 4) is 17.2 Å². The van der Waals surface area contributed by atoms with Gasteiger partial charge in [0.15, 0.2) is 0 Å². The number of aryl methyl sites for hydroxylation is 1. The van der Waals surface area contributed by atoms with Crippen molar-refractivity contribution < 1.29 is 9.84 Å². The Morgan fingerprint density at radius 2 is 1.48 bits per heavy atom. The summed E-state index contributed by atoms with van der Waals surface area (Å²) in [6, 6.07) is 11.6. The molecule has 0 aliphatic heterocycles. The standard InChI is InChI=1S/C26H37N3O2/c1-3-5-7-8-9-10-11-12-13-21-14-17-25(26(30)19-21)29-27-23-16-15-22(20-24(23)28-29)31-18-6-4-2/h14-17,19-20,30H,3-13,18H2,1-2H3. The molecule has 3 rings (SSSR count). The van der Waals surface area contributed by atoms with E-state index in [0.717, 1.165) is 48.0 Å². The molecule has 0 spiro atoms. The van der Waals surface area contributed by atoms with Gasteiger partial charge in [0.1, 0.15) is 28.2 Å². The van der Waals surface area contributed by atoms with Crippen LogP contribution in [0.5, 0.6) is 11.5 Å². The van der Waals surface area contributed by atoms with Crippen molar-refractivity contribution in [2.24, 2.45) is 0 Å². The maximum atomic E-state index is 10.6. The summed E-state index contributed by atoms with van der Waals surface area (Å²) in [4.78, 5) is 1.51. The van der Waals surface area contributed by atoms with Crippen molar-refractivity contribution in [1.29, 1.82) is 0 Å². The number of hydrogen-bond donors (Lipinski definition) is 1. The lowest BCUT2D eigenvalue weighted by Gasteiger charge is -2.07. The number of nitrogens with zero attached hydrogens (tertiary/aromatic N) is 3. The molecular weight excluding hydrogens is 386 g/mol. The summed E-state index contributed by atoms with van der Waals surface area (Å²) in [5.41, 5.74) is 3.31. The van der Waals surface area contributed by atoms with Gasteiger partial charge >= 0.3 is 0 Å². The van der Waals surface area contributed by atoms with E-state index in [0.29, 0.717) is 12.3 Å². The SMILES string of the molecule is CCCCCCCCCCc1ccc(-n2nc3ccc(OCCCC)cc3n2)c(O)c1. The van der Waals surface area contributed by atoms with Gasteiger partial charge in [-0.05, 0) is 49.1 Å². The number of phenols is 1. The van der Waals surface area contributed by atoms with Crippen LogP contribution >= 0.6 is 0 Å². The van der Waals surface area contributed by atoms with E-state index in [9.17, 15) is 5.11 Å². The predicted octanol–water partition coefficient (Wildman–Crippen LogP) is 6.99. The Hall–Kier alpha value is -2.56. The zero-order valence-corrected chi connectivity index (χ0v) is 19.1. The van der Waals surface area contributed by atoms with Gasteiger partial charge in [-0.1, -0.05) is 71.3 Å². The summed E-state index contributed by atoms with van der Waals surface area (Å²) in [5, 5.41) is 19.6. The number of aromatic nitrogens is 3. The van der Waals surface area contributed by atoms with E-state index >= 15 is 0 Å². The molecule has 5 heteroatoms. The smallest absolute Gasteiger partial charge is 0.143 e. The second kappa shape index (κ2) is 12.3. The van der Waals surface area contributed by atoms with Crippen molar-refractivity contribution in [2.45, 2.75) is 84.5 Å². The van der Waals surface area contributed by atoms with Gasteiger partial charge in [0.25, 0.3) is 0 Å². The lowest BCUT2D eigenvalue weighted by atomic mass is 10.0. The van der Waals surface area contributed by atoms with Crippen LogP contribution in [0.25, 0.3) is 16.7 Å².